The third-order valence-electron chi connectivity index (χ3n) is 3.23. The van der Waals surface area contributed by atoms with Crippen LogP contribution < -0.4 is 14.8 Å². The van der Waals surface area contributed by atoms with Gasteiger partial charge < -0.3 is 14.8 Å². The molecule has 2 aromatic rings. The molecule has 1 N–H and O–H groups in total. The molecule has 0 radical (unpaired) electrons. The van der Waals surface area contributed by atoms with Crippen molar-refractivity contribution in [2.24, 2.45) is 5.92 Å². The van der Waals surface area contributed by atoms with Crippen molar-refractivity contribution >= 4 is 5.82 Å². The second-order valence-electron chi connectivity index (χ2n) is 4.97. The van der Waals surface area contributed by atoms with Crippen LogP contribution in [-0.2, 0) is 6.42 Å². The van der Waals surface area contributed by atoms with Crippen molar-refractivity contribution in [2.45, 2.75) is 13.3 Å². The molecular weight excluding hydrogens is 266 g/mol. The van der Waals surface area contributed by atoms with Crippen molar-refractivity contribution in [3.8, 4) is 11.5 Å². The minimum absolute atomic E-state index is 0.463. The Kier molecular flexibility index (Phi) is 5.37. The van der Waals surface area contributed by atoms with Crippen LogP contribution in [0.3, 0.4) is 0 Å². The van der Waals surface area contributed by atoms with Gasteiger partial charge in [-0.2, -0.15) is 0 Å². The summed E-state index contributed by atoms with van der Waals surface area (Å²) in [4.78, 5) is 8.23. The van der Waals surface area contributed by atoms with E-state index in [2.05, 4.69) is 28.3 Å². The van der Waals surface area contributed by atoms with Crippen LogP contribution in [-0.4, -0.2) is 30.7 Å². The number of ether oxygens (including phenoxy) is 2. The van der Waals surface area contributed by atoms with Crippen LogP contribution in [0.1, 0.15) is 12.5 Å². The summed E-state index contributed by atoms with van der Waals surface area (Å²) in [5.74, 6) is 2.79. The summed E-state index contributed by atoms with van der Waals surface area (Å²) >= 11 is 0. The molecule has 1 atom stereocenters. The number of benzene rings is 1. The lowest BCUT2D eigenvalue weighted by atomic mass is 10.0. The molecule has 0 aliphatic carbocycles. The van der Waals surface area contributed by atoms with Gasteiger partial charge in [-0.05, 0) is 30.0 Å². The van der Waals surface area contributed by atoms with Gasteiger partial charge in [0.1, 0.15) is 5.82 Å². The van der Waals surface area contributed by atoms with Gasteiger partial charge in [0.05, 0.1) is 20.4 Å². The Morgan fingerprint density at radius 3 is 2.62 bits per heavy atom. The maximum absolute atomic E-state index is 5.33. The Hall–Kier alpha value is -2.30. The summed E-state index contributed by atoms with van der Waals surface area (Å²) in [6.07, 6.45) is 6.02. The van der Waals surface area contributed by atoms with E-state index >= 15 is 0 Å². The van der Waals surface area contributed by atoms with Crippen LogP contribution >= 0.6 is 0 Å². The molecule has 5 heteroatoms. The molecule has 1 aromatic carbocycles. The van der Waals surface area contributed by atoms with Gasteiger partial charge in [0.2, 0.25) is 0 Å². The standard InChI is InChI=1S/C16H21N3O2/c1-12(10-19-16-11-17-6-7-18-16)8-13-4-5-14(20-2)15(9-13)21-3/h4-7,9,11-12H,8,10H2,1-3H3,(H,18,19). The fourth-order valence-electron chi connectivity index (χ4n) is 2.15. The maximum atomic E-state index is 5.33. The van der Waals surface area contributed by atoms with E-state index in [0.717, 1.165) is 30.3 Å². The highest BCUT2D eigenvalue weighted by Crippen LogP contribution is 2.28. The average molecular weight is 287 g/mol. The molecule has 0 saturated heterocycles. The van der Waals surface area contributed by atoms with Crippen molar-refractivity contribution in [2.75, 3.05) is 26.1 Å². The predicted molar refractivity (Wildman–Crippen MR) is 82.9 cm³/mol. The molecule has 1 unspecified atom stereocenters. The van der Waals surface area contributed by atoms with Crippen molar-refractivity contribution in [1.29, 1.82) is 0 Å². The van der Waals surface area contributed by atoms with Crippen LogP contribution in [0.15, 0.2) is 36.8 Å². The normalized spacial score (nSPS) is 11.8. The lowest BCUT2D eigenvalue weighted by molar-refractivity contribution is 0.354. The summed E-state index contributed by atoms with van der Waals surface area (Å²) in [6.45, 7) is 3.03. The van der Waals surface area contributed by atoms with E-state index in [0.29, 0.717) is 5.92 Å². The van der Waals surface area contributed by atoms with Gasteiger partial charge in [0, 0.05) is 18.9 Å². The first-order chi connectivity index (χ1) is 10.2. The zero-order valence-electron chi connectivity index (χ0n) is 12.7. The first-order valence-electron chi connectivity index (χ1n) is 6.93. The number of methoxy groups -OCH3 is 2. The van der Waals surface area contributed by atoms with Crippen molar-refractivity contribution in [1.82, 2.24) is 9.97 Å². The lowest BCUT2D eigenvalue weighted by Gasteiger charge is -2.14. The smallest absolute Gasteiger partial charge is 0.160 e. The van der Waals surface area contributed by atoms with Gasteiger partial charge in [0.15, 0.2) is 11.5 Å². The third kappa shape index (κ3) is 4.34. The quantitative estimate of drug-likeness (QED) is 0.848. The summed E-state index contributed by atoms with van der Waals surface area (Å²) in [7, 11) is 3.30. The average Bonchev–Trinajstić information content (AvgIpc) is 2.53. The van der Waals surface area contributed by atoms with Crippen LogP contribution in [0, 0.1) is 5.92 Å². The fourth-order valence-corrected chi connectivity index (χ4v) is 2.15. The van der Waals surface area contributed by atoms with Crippen LogP contribution in [0.4, 0.5) is 5.82 Å². The number of nitrogens with one attached hydrogen (secondary N) is 1. The van der Waals surface area contributed by atoms with Crippen molar-refractivity contribution in [3.63, 3.8) is 0 Å². The number of hydrogen-bond donors (Lipinski definition) is 1. The molecule has 0 aliphatic rings. The zero-order chi connectivity index (χ0) is 15.1. The number of anilines is 1. The SMILES string of the molecule is COc1ccc(CC(C)CNc2cnccn2)cc1OC. The monoisotopic (exact) mass is 287 g/mol. The Morgan fingerprint density at radius 2 is 1.95 bits per heavy atom. The lowest BCUT2D eigenvalue weighted by Crippen LogP contribution is -2.14. The second-order valence-corrected chi connectivity index (χ2v) is 4.97. The molecule has 0 saturated carbocycles. The topological polar surface area (TPSA) is 56.3 Å². The molecule has 0 spiro atoms. The van der Waals surface area contributed by atoms with Gasteiger partial charge in [-0.3, -0.25) is 4.98 Å². The molecule has 5 nitrogen and oxygen atoms in total. The van der Waals surface area contributed by atoms with Gasteiger partial charge in [-0.15, -0.1) is 0 Å². The van der Waals surface area contributed by atoms with E-state index in [-0.39, 0.29) is 0 Å². The molecule has 2 rings (SSSR count). The highest BCUT2D eigenvalue weighted by atomic mass is 16.5. The Bertz CT molecular complexity index is 561. The van der Waals surface area contributed by atoms with Gasteiger partial charge in [-0.25, -0.2) is 4.98 Å². The third-order valence-corrected chi connectivity index (χ3v) is 3.23. The van der Waals surface area contributed by atoms with Crippen molar-refractivity contribution in [3.05, 3.63) is 42.4 Å². The molecule has 1 heterocycles. The fraction of sp³-hybridized carbons (Fsp3) is 0.375. The first-order valence-corrected chi connectivity index (χ1v) is 6.93. The largest absolute Gasteiger partial charge is 0.493 e. The molecule has 0 aliphatic heterocycles. The number of hydrogen-bond acceptors (Lipinski definition) is 5. The van der Waals surface area contributed by atoms with Gasteiger partial charge in [0.25, 0.3) is 0 Å². The van der Waals surface area contributed by atoms with E-state index in [4.69, 9.17) is 9.47 Å². The molecular formula is C16H21N3O2. The predicted octanol–water partition coefficient (Wildman–Crippen LogP) is 2.78. The van der Waals surface area contributed by atoms with Crippen LogP contribution in [0.2, 0.25) is 0 Å². The molecule has 112 valence electrons. The summed E-state index contributed by atoms with van der Waals surface area (Å²) in [5.41, 5.74) is 1.22. The molecule has 0 bridgehead atoms. The van der Waals surface area contributed by atoms with E-state index in [9.17, 15) is 0 Å². The van der Waals surface area contributed by atoms with Crippen molar-refractivity contribution < 1.29 is 9.47 Å². The van der Waals surface area contributed by atoms with Crippen LogP contribution in [0.25, 0.3) is 0 Å². The van der Waals surface area contributed by atoms with E-state index in [1.54, 1.807) is 32.8 Å². The number of aromatic nitrogens is 2. The first kappa shape index (κ1) is 15.1. The Balaban J connectivity index is 1.91. The molecule has 21 heavy (non-hydrogen) atoms. The number of nitrogens with zero attached hydrogens (tertiary/aromatic N) is 2. The molecule has 0 fully saturated rings. The number of rotatable bonds is 7. The van der Waals surface area contributed by atoms with E-state index < -0.39 is 0 Å². The Morgan fingerprint density at radius 1 is 1.14 bits per heavy atom. The summed E-state index contributed by atoms with van der Waals surface area (Å²) < 4.78 is 10.6. The highest BCUT2D eigenvalue weighted by molar-refractivity contribution is 5.43. The maximum Gasteiger partial charge on any atom is 0.160 e. The summed E-state index contributed by atoms with van der Waals surface area (Å²) in [6, 6.07) is 6.04. The molecule has 0 amide bonds. The second kappa shape index (κ2) is 7.47. The minimum Gasteiger partial charge on any atom is -0.493 e. The summed E-state index contributed by atoms with van der Waals surface area (Å²) in [5, 5.41) is 3.29. The molecule has 1 aromatic heterocycles. The van der Waals surface area contributed by atoms with E-state index in [1.807, 2.05) is 12.1 Å². The Labute approximate surface area is 125 Å². The van der Waals surface area contributed by atoms with E-state index in [1.165, 1.54) is 5.56 Å². The van der Waals surface area contributed by atoms with Gasteiger partial charge >= 0.3 is 0 Å². The van der Waals surface area contributed by atoms with Crippen LogP contribution in [0.5, 0.6) is 11.5 Å². The van der Waals surface area contributed by atoms with Gasteiger partial charge in [-0.1, -0.05) is 13.0 Å². The minimum atomic E-state index is 0.463. The highest BCUT2D eigenvalue weighted by Gasteiger charge is 2.08. The zero-order valence-corrected chi connectivity index (χ0v) is 12.7.